The highest BCUT2D eigenvalue weighted by molar-refractivity contribution is 6.30. The summed E-state index contributed by atoms with van der Waals surface area (Å²) in [7, 11) is 0. The van der Waals surface area contributed by atoms with Crippen molar-refractivity contribution >= 4 is 17.5 Å². The number of hydrogen-bond acceptors (Lipinski definition) is 4. The molecular formula is C16H19ClN4O2. The van der Waals surface area contributed by atoms with E-state index in [-0.39, 0.29) is 5.91 Å². The number of aromatic nitrogens is 3. The van der Waals surface area contributed by atoms with E-state index < -0.39 is 5.41 Å². The van der Waals surface area contributed by atoms with Gasteiger partial charge in [-0.2, -0.15) is 5.10 Å². The van der Waals surface area contributed by atoms with Crippen LogP contribution in [0.2, 0.25) is 5.02 Å². The number of halogens is 1. The molecule has 1 fully saturated rings. The highest BCUT2D eigenvalue weighted by atomic mass is 35.5. The summed E-state index contributed by atoms with van der Waals surface area (Å²) >= 11 is 5.92. The summed E-state index contributed by atoms with van der Waals surface area (Å²) in [4.78, 5) is 16.4. The predicted molar refractivity (Wildman–Crippen MR) is 86.0 cm³/mol. The van der Waals surface area contributed by atoms with Crippen LogP contribution in [0.5, 0.6) is 0 Å². The van der Waals surface area contributed by atoms with Crippen LogP contribution in [-0.2, 0) is 28.1 Å². The lowest BCUT2D eigenvalue weighted by Crippen LogP contribution is -2.31. The molecule has 7 heteroatoms. The quantitative estimate of drug-likeness (QED) is 0.839. The number of hydrogen-bond donors (Lipinski definition) is 1. The molecule has 1 aromatic heterocycles. The number of nitrogens with zero attached hydrogens (tertiary/aromatic N) is 3. The summed E-state index contributed by atoms with van der Waals surface area (Å²) in [6.45, 7) is 3.34. The molecule has 1 aromatic carbocycles. The second kappa shape index (κ2) is 6.29. The van der Waals surface area contributed by atoms with Crippen LogP contribution in [0.25, 0.3) is 0 Å². The Labute approximate surface area is 139 Å². The average Bonchev–Trinajstić information content (AvgIpc) is 3.25. The first-order valence-corrected chi connectivity index (χ1v) is 7.99. The lowest BCUT2D eigenvalue weighted by molar-refractivity contribution is -0.120. The van der Waals surface area contributed by atoms with Gasteiger partial charge in [-0.15, -0.1) is 0 Å². The van der Waals surface area contributed by atoms with Crippen LogP contribution in [0.1, 0.15) is 37.0 Å². The SMILES string of the molecule is CCOCc1nc(C2(C(N)=O)CC2)n(Cc2ccc(Cl)cc2)n1. The fraction of sp³-hybridized carbons (Fsp3) is 0.438. The molecule has 1 aliphatic rings. The molecule has 2 N–H and O–H groups in total. The summed E-state index contributed by atoms with van der Waals surface area (Å²) in [5.74, 6) is 0.864. The van der Waals surface area contributed by atoms with Crippen LogP contribution < -0.4 is 5.73 Å². The number of ether oxygens (including phenoxy) is 1. The third kappa shape index (κ3) is 3.23. The smallest absolute Gasteiger partial charge is 0.231 e. The van der Waals surface area contributed by atoms with Crippen molar-refractivity contribution in [1.82, 2.24) is 14.8 Å². The van der Waals surface area contributed by atoms with E-state index in [2.05, 4.69) is 10.1 Å². The molecule has 3 rings (SSSR count). The predicted octanol–water partition coefficient (Wildman–Crippen LogP) is 2.03. The van der Waals surface area contributed by atoms with Crippen molar-refractivity contribution in [3.05, 3.63) is 46.5 Å². The number of rotatable bonds is 7. The Morgan fingerprint density at radius 3 is 2.65 bits per heavy atom. The lowest BCUT2D eigenvalue weighted by Gasteiger charge is -2.12. The van der Waals surface area contributed by atoms with Crippen molar-refractivity contribution in [2.75, 3.05) is 6.61 Å². The number of nitrogens with two attached hydrogens (primary N) is 1. The van der Waals surface area contributed by atoms with Gasteiger partial charge in [-0.25, -0.2) is 9.67 Å². The van der Waals surface area contributed by atoms with E-state index in [1.165, 1.54) is 0 Å². The molecule has 0 saturated heterocycles. The summed E-state index contributed by atoms with van der Waals surface area (Å²) in [6, 6.07) is 7.52. The molecule has 1 saturated carbocycles. The summed E-state index contributed by atoms with van der Waals surface area (Å²) in [5, 5.41) is 5.17. The highest BCUT2D eigenvalue weighted by Gasteiger charge is 2.54. The van der Waals surface area contributed by atoms with E-state index in [9.17, 15) is 4.79 Å². The van der Waals surface area contributed by atoms with E-state index in [1.54, 1.807) is 4.68 Å². The average molecular weight is 335 g/mol. The molecule has 1 aliphatic carbocycles. The topological polar surface area (TPSA) is 83.0 Å². The van der Waals surface area contributed by atoms with E-state index in [4.69, 9.17) is 22.1 Å². The van der Waals surface area contributed by atoms with E-state index in [0.717, 1.165) is 18.4 Å². The minimum atomic E-state index is -0.677. The van der Waals surface area contributed by atoms with Crippen LogP contribution in [0, 0.1) is 0 Å². The maximum Gasteiger partial charge on any atom is 0.231 e. The Kier molecular flexibility index (Phi) is 4.37. The standard InChI is InChI=1S/C16H19ClN4O2/c1-2-23-10-13-19-15(16(7-8-16)14(18)22)21(20-13)9-11-3-5-12(17)6-4-11/h3-6H,2,7-10H2,1H3,(H2,18,22). The van der Waals surface area contributed by atoms with E-state index >= 15 is 0 Å². The zero-order valence-corrected chi connectivity index (χ0v) is 13.7. The van der Waals surface area contributed by atoms with Crippen molar-refractivity contribution in [2.45, 2.75) is 38.3 Å². The van der Waals surface area contributed by atoms with Gasteiger partial charge >= 0.3 is 0 Å². The lowest BCUT2D eigenvalue weighted by atomic mass is 10.1. The summed E-state index contributed by atoms with van der Waals surface area (Å²) in [5.41, 5.74) is 5.94. The fourth-order valence-electron chi connectivity index (χ4n) is 2.58. The first-order chi connectivity index (χ1) is 11.0. The summed E-state index contributed by atoms with van der Waals surface area (Å²) < 4.78 is 7.13. The Hall–Kier alpha value is -1.92. The molecule has 0 radical (unpaired) electrons. The second-order valence-electron chi connectivity index (χ2n) is 5.72. The molecule has 0 bridgehead atoms. The third-order valence-corrected chi connectivity index (χ3v) is 4.30. The number of carbonyl (C=O) groups excluding carboxylic acids is 1. The van der Waals surface area contributed by atoms with Crippen LogP contribution in [-0.4, -0.2) is 27.3 Å². The van der Waals surface area contributed by atoms with Gasteiger partial charge in [-0.3, -0.25) is 4.79 Å². The van der Waals surface area contributed by atoms with Crippen molar-refractivity contribution < 1.29 is 9.53 Å². The molecular weight excluding hydrogens is 316 g/mol. The van der Waals surface area contributed by atoms with Crippen molar-refractivity contribution in [3.63, 3.8) is 0 Å². The van der Waals surface area contributed by atoms with Gasteiger partial charge < -0.3 is 10.5 Å². The van der Waals surface area contributed by atoms with Crippen LogP contribution in [0.3, 0.4) is 0 Å². The molecule has 1 amide bonds. The second-order valence-corrected chi connectivity index (χ2v) is 6.16. The Morgan fingerprint density at radius 1 is 1.39 bits per heavy atom. The van der Waals surface area contributed by atoms with Crippen molar-refractivity contribution in [2.24, 2.45) is 5.73 Å². The number of amides is 1. The number of carbonyl (C=O) groups is 1. The monoisotopic (exact) mass is 334 g/mol. The molecule has 122 valence electrons. The highest BCUT2D eigenvalue weighted by Crippen LogP contribution is 2.47. The Morgan fingerprint density at radius 2 is 2.09 bits per heavy atom. The largest absolute Gasteiger partial charge is 0.374 e. The first kappa shape index (κ1) is 16.0. The van der Waals surface area contributed by atoms with Crippen LogP contribution in [0.4, 0.5) is 0 Å². The molecule has 23 heavy (non-hydrogen) atoms. The Bertz CT molecular complexity index is 707. The van der Waals surface area contributed by atoms with E-state index in [0.29, 0.717) is 36.4 Å². The zero-order valence-electron chi connectivity index (χ0n) is 13.0. The molecule has 0 unspecified atom stereocenters. The molecule has 6 nitrogen and oxygen atoms in total. The number of benzene rings is 1. The van der Waals surface area contributed by atoms with Crippen molar-refractivity contribution in [3.8, 4) is 0 Å². The molecule has 2 aromatic rings. The first-order valence-electron chi connectivity index (χ1n) is 7.61. The van der Waals surface area contributed by atoms with Gasteiger partial charge in [0.25, 0.3) is 0 Å². The Balaban J connectivity index is 1.92. The zero-order chi connectivity index (χ0) is 16.4. The van der Waals surface area contributed by atoms with Crippen molar-refractivity contribution in [1.29, 1.82) is 0 Å². The van der Waals surface area contributed by atoms with E-state index in [1.807, 2.05) is 31.2 Å². The normalized spacial score (nSPS) is 15.6. The van der Waals surface area contributed by atoms with Gasteiger partial charge in [-0.05, 0) is 37.5 Å². The summed E-state index contributed by atoms with van der Waals surface area (Å²) in [6.07, 6.45) is 1.44. The van der Waals surface area contributed by atoms with Gasteiger partial charge in [0.15, 0.2) is 5.82 Å². The van der Waals surface area contributed by atoms with Gasteiger partial charge in [0.1, 0.15) is 17.8 Å². The van der Waals surface area contributed by atoms with Crippen LogP contribution in [0.15, 0.2) is 24.3 Å². The maximum absolute atomic E-state index is 11.8. The molecule has 0 spiro atoms. The maximum atomic E-state index is 11.8. The fourth-order valence-corrected chi connectivity index (χ4v) is 2.70. The third-order valence-electron chi connectivity index (χ3n) is 4.05. The number of primary amides is 1. The molecule has 0 atom stereocenters. The van der Waals surface area contributed by atoms with Crippen LogP contribution >= 0.6 is 11.6 Å². The van der Waals surface area contributed by atoms with Gasteiger partial charge in [-0.1, -0.05) is 23.7 Å². The van der Waals surface area contributed by atoms with Gasteiger partial charge in [0.05, 0.1) is 6.54 Å². The van der Waals surface area contributed by atoms with Gasteiger partial charge in [0, 0.05) is 11.6 Å². The minimum Gasteiger partial charge on any atom is -0.374 e. The molecule has 0 aliphatic heterocycles. The minimum absolute atomic E-state index is 0.325. The molecule has 1 heterocycles. The van der Waals surface area contributed by atoms with Gasteiger partial charge in [0.2, 0.25) is 5.91 Å².